The fourth-order valence-corrected chi connectivity index (χ4v) is 1.07. The summed E-state index contributed by atoms with van der Waals surface area (Å²) in [6.45, 7) is 4.78. The van der Waals surface area contributed by atoms with E-state index in [1.807, 2.05) is 6.92 Å². The van der Waals surface area contributed by atoms with Gasteiger partial charge in [-0.2, -0.15) is 5.26 Å². The van der Waals surface area contributed by atoms with Crippen LogP contribution < -0.4 is 5.32 Å². The van der Waals surface area contributed by atoms with Gasteiger partial charge >= 0.3 is 0 Å². The van der Waals surface area contributed by atoms with Gasteiger partial charge in [-0.25, -0.2) is 9.97 Å². The van der Waals surface area contributed by atoms with Crippen molar-refractivity contribution < 1.29 is 0 Å². The molecule has 0 spiro atoms. The zero-order chi connectivity index (χ0) is 10.4. The second kappa shape index (κ2) is 5.18. The number of anilines is 1. The van der Waals surface area contributed by atoms with Crippen molar-refractivity contribution in [3.8, 4) is 6.07 Å². The summed E-state index contributed by atoms with van der Waals surface area (Å²) in [6, 6.07) is 2.06. The highest BCUT2D eigenvalue weighted by Crippen LogP contribution is 2.09. The van der Waals surface area contributed by atoms with Crippen molar-refractivity contribution in [3.05, 3.63) is 17.6 Å². The van der Waals surface area contributed by atoms with Crippen molar-refractivity contribution in [1.29, 1.82) is 5.26 Å². The topological polar surface area (TPSA) is 61.6 Å². The molecule has 0 radical (unpaired) electrons. The number of nitrogens with zero attached hydrogens (tertiary/aromatic N) is 3. The van der Waals surface area contributed by atoms with Crippen LogP contribution in [0.3, 0.4) is 0 Å². The van der Waals surface area contributed by atoms with E-state index in [4.69, 9.17) is 5.26 Å². The van der Waals surface area contributed by atoms with Crippen molar-refractivity contribution in [2.45, 2.75) is 26.7 Å². The Morgan fingerprint density at radius 3 is 3.00 bits per heavy atom. The molecule has 74 valence electrons. The van der Waals surface area contributed by atoms with E-state index in [9.17, 15) is 0 Å². The van der Waals surface area contributed by atoms with Crippen LogP contribution in [0.2, 0.25) is 0 Å². The summed E-state index contributed by atoms with van der Waals surface area (Å²) in [6.07, 6.45) is 3.75. The van der Waals surface area contributed by atoms with Gasteiger partial charge in [0.05, 0.1) is 6.20 Å². The van der Waals surface area contributed by atoms with Crippen molar-refractivity contribution in [2.75, 3.05) is 11.9 Å². The highest BCUT2D eigenvalue weighted by molar-refractivity contribution is 5.50. The Morgan fingerprint density at radius 1 is 1.57 bits per heavy atom. The predicted octanol–water partition coefficient (Wildman–Crippen LogP) is 1.87. The molecule has 0 saturated heterocycles. The summed E-state index contributed by atoms with van der Waals surface area (Å²) < 4.78 is 0. The Labute approximate surface area is 84.0 Å². The molecule has 0 unspecified atom stereocenters. The van der Waals surface area contributed by atoms with Gasteiger partial charge in [0.25, 0.3) is 0 Å². The van der Waals surface area contributed by atoms with E-state index >= 15 is 0 Å². The molecule has 4 nitrogen and oxygen atoms in total. The van der Waals surface area contributed by atoms with Gasteiger partial charge in [0, 0.05) is 6.54 Å². The molecule has 0 aliphatic carbocycles. The summed E-state index contributed by atoms with van der Waals surface area (Å²) >= 11 is 0. The van der Waals surface area contributed by atoms with Crippen LogP contribution in [0.1, 0.15) is 31.2 Å². The minimum absolute atomic E-state index is 0.506. The number of nitriles is 1. The Morgan fingerprint density at radius 2 is 2.36 bits per heavy atom. The van der Waals surface area contributed by atoms with Gasteiger partial charge in [0.1, 0.15) is 23.3 Å². The first-order valence-electron chi connectivity index (χ1n) is 4.75. The third-order valence-corrected chi connectivity index (χ3v) is 1.85. The van der Waals surface area contributed by atoms with Crippen molar-refractivity contribution in [1.82, 2.24) is 9.97 Å². The molecule has 1 aromatic heterocycles. The monoisotopic (exact) mass is 190 g/mol. The zero-order valence-corrected chi connectivity index (χ0v) is 8.54. The minimum Gasteiger partial charge on any atom is -0.369 e. The molecule has 0 atom stereocenters. The molecule has 0 saturated carbocycles. The van der Waals surface area contributed by atoms with Crippen molar-refractivity contribution >= 4 is 5.82 Å². The normalized spacial score (nSPS) is 9.50. The standard InChI is InChI=1S/C10H14N4/c1-3-4-5-12-10-9(6-11)7-13-8(2)14-10/h7H,3-5H2,1-2H3,(H,12,13,14). The van der Waals surface area contributed by atoms with E-state index in [0.717, 1.165) is 19.4 Å². The first-order valence-corrected chi connectivity index (χ1v) is 4.75. The van der Waals surface area contributed by atoms with E-state index in [1.165, 1.54) is 0 Å². The summed E-state index contributed by atoms with van der Waals surface area (Å²) in [5.74, 6) is 1.33. The molecule has 0 aliphatic rings. The van der Waals surface area contributed by atoms with Crippen LogP contribution in [0.25, 0.3) is 0 Å². The number of hydrogen-bond donors (Lipinski definition) is 1. The zero-order valence-electron chi connectivity index (χ0n) is 8.54. The highest BCUT2D eigenvalue weighted by atomic mass is 15.0. The maximum atomic E-state index is 8.80. The fraction of sp³-hybridized carbons (Fsp3) is 0.500. The lowest BCUT2D eigenvalue weighted by Crippen LogP contribution is -2.06. The van der Waals surface area contributed by atoms with E-state index in [0.29, 0.717) is 17.2 Å². The molecule has 0 aromatic carbocycles. The van der Waals surface area contributed by atoms with Gasteiger partial charge in [-0.15, -0.1) is 0 Å². The summed E-state index contributed by atoms with van der Waals surface area (Å²) in [4.78, 5) is 8.14. The largest absolute Gasteiger partial charge is 0.369 e. The average Bonchev–Trinajstić information content (AvgIpc) is 2.19. The maximum Gasteiger partial charge on any atom is 0.147 e. The second-order valence-electron chi connectivity index (χ2n) is 3.07. The van der Waals surface area contributed by atoms with Crippen molar-refractivity contribution in [2.24, 2.45) is 0 Å². The maximum absolute atomic E-state index is 8.80. The SMILES string of the molecule is CCCCNc1nc(C)ncc1C#N. The van der Waals surface area contributed by atoms with E-state index in [1.54, 1.807) is 6.20 Å². The Hall–Kier alpha value is -1.63. The molecule has 1 aromatic rings. The van der Waals surface area contributed by atoms with Gasteiger partial charge in [0.2, 0.25) is 0 Å². The molecule has 0 fully saturated rings. The number of aryl methyl sites for hydroxylation is 1. The van der Waals surface area contributed by atoms with Crippen LogP contribution in [-0.2, 0) is 0 Å². The quantitative estimate of drug-likeness (QED) is 0.736. The molecule has 1 rings (SSSR count). The first-order chi connectivity index (χ1) is 6.77. The van der Waals surface area contributed by atoms with Gasteiger partial charge in [-0.05, 0) is 13.3 Å². The Kier molecular flexibility index (Phi) is 3.86. The lowest BCUT2D eigenvalue weighted by atomic mass is 10.3. The van der Waals surface area contributed by atoms with Gasteiger partial charge in [-0.1, -0.05) is 13.3 Å². The molecule has 1 heterocycles. The van der Waals surface area contributed by atoms with Crippen LogP contribution in [0.5, 0.6) is 0 Å². The Bertz CT molecular complexity index is 340. The summed E-state index contributed by atoms with van der Waals surface area (Å²) in [7, 11) is 0. The molecular weight excluding hydrogens is 176 g/mol. The molecule has 0 bridgehead atoms. The number of hydrogen-bond acceptors (Lipinski definition) is 4. The molecule has 4 heteroatoms. The summed E-state index contributed by atoms with van der Waals surface area (Å²) in [5.41, 5.74) is 0.506. The smallest absolute Gasteiger partial charge is 0.147 e. The van der Waals surface area contributed by atoms with Gasteiger partial charge in [0.15, 0.2) is 0 Å². The second-order valence-corrected chi connectivity index (χ2v) is 3.07. The van der Waals surface area contributed by atoms with Gasteiger partial charge < -0.3 is 5.32 Å². The lowest BCUT2D eigenvalue weighted by molar-refractivity contribution is 0.828. The van der Waals surface area contributed by atoms with Gasteiger partial charge in [-0.3, -0.25) is 0 Å². The number of rotatable bonds is 4. The molecule has 0 aliphatic heterocycles. The molecule has 14 heavy (non-hydrogen) atoms. The van der Waals surface area contributed by atoms with E-state index in [2.05, 4.69) is 28.3 Å². The average molecular weight is 190 g/mol. The van der Waals surface area contributed by atoms with Crippen LogP contribution in [0.4, 0.5) is 5.82 Å². The third kappa shape index (κ3) is 2.70. The van der Waals surface area contributed by atoms with Crippen LogP contribution >= 0.6 is 0 Å². The third-order valence-electron chi connectivity index (χ3n) is 1.85. The number of aromatic nitrogens is 2. The molecule has 0 amide bonds. The first kappa shape index (κ1) is 10.5. The Balaban J connectivity index is 2.73. The predicted molar refractivity (Wildman–Crippen MR) is 54.9 cm³/mol. The van der Waals surface area contributed by atoms with E-state index in [-0.39, 0.29) is 0 Å². The number of nitrogens with one attached hydrogen (secondary N) is 1. The van der Waals surface area contributed by atoms with Crippen molar-refractivity contribution in [3.63, 3.8) is 0 Å². The van der Waals surface area contributed by atoms with E-state index < -0.39 is 0 Å². The van der Waals surface area contributed by atoms with Crippen LogP contribution in [-0.4, -0.2) is 16.5 Å². The fourth-order valence-electron chi connectivity index (χ4n) is 1.07. The molecular formula is C10H14N4. The lowest BCUT2D eigenvalue weighted by Gasteiger charge is -2.06. The highest BCUT2D eigenvalue weighted by Gasteiger charge is 2.03. The number of unbranched alkanes of at least 4 members (excludes halogenated alkanes) is 1. The minimum atomic E-state index is 0.506. The van der Waals surface area contributed by atoms with Crippen LogP contribution in [0.15, 0.2) is 6.20 Å². The summed E-state index contributed by atoms with van der Waals surface area (Å²) in [5, 5.41) is 11.9. The van der Waals surface area contributed by atoms with Crippen LogP contribution in [0, 0.1) is 18.3 Å². The molecule has 1 N–H and O–H groups in total.